The van der Waals surface area contributed by atoms with Gasteiger partial charge in [-0.1, -0.05) is 16.8 Å². The predicted octanol–water partition coefficient (Wildman–Crippen LogP) is 2.15. The van der Waals surface area contributed by atoms with Crippen molar-refractivity contribution in [1.82, 2.24) is 9.78 Å². The first-order valence-electron chi connectivity index (χ1n) is 5.85. The molecule has 1 heterocycles. The zero-order valence-corrected chi connectivity index (χ0v) is 12.0. The Hall–Kier alpha value is -2.61. The van der Waals surface area contributed by atoms with Crippen LogP contribution in [0.4, 0.5) is 5.69 Å². The van der Waals surface area contributed by atoms with Gasteiger partial charge >= 0.3 is 0 Å². The number of hydrogen-bond acceptors (Lipinski definition) is 5. The summed E-state index contributed by atoms with van der Waals surface area (Å²) >= 11 is 6.06. The van der Waals surface area contributed by atoms with Gasteiger partial charge in [-0.05, 0) is 26.0 Å². The van der Waals surface area contributed by atoms with Crippen LogP contribution in [0, 0.1) is 24.0 Å². The molecule has 0 saturated heterocycles. The predicted molar refractivity (Wildman–Crippen MR) is 77.2 cm³/mol. The van der Waals surface area contributed by atoms with Crippen LogP contribution in [0.2, 0.25) is 5.02 Å². The van der Waals surface area contributed by atoms with Gasteiger partial charge in [-0.3, -0.25) is 10.1 Å². The summed E-state index contributed by atoms with van der Waals surface area (Å²) in [4.78, 5) is 10.7. The summed E-state index contributed by atoms with van der Waals surface area (Å²) in [6.45, 7) is 3.42. The number of nitro benzene ring substituents is 1. The van der Waals surface area contributed by atoms with Gasteiger partial charge in [-0.2, -0.15) is 5.10 Å². The van der Waals surface area contributed by atoms with Gasteiger partial charge in [0.05, 0.1) is 21.3 Å². The normalized spacial score (nSPS) is 11.7. The fraction of sp³-hybridized carbons (Fsp3) is 0.167. The van der Waals surface area contributed by atoms with E-state index in [0.717, 1.165) is 0 Å². The van der Waals surface area contributed by atoms with Crippen molar-refractivity contribution in [2.45, 2.75) is 13.8 Å². The molecule has 0 saturated carbocycles. The van der Waals surface area contributed by atoms with Crippen LogP contribution in [-0.2, 0) is 0 Å². The van der Waals surface area contributed by atoms with Crippen molar-refractivity contribution in [3.63, 3.8) is 0 Å². The lowest BCUT2D eigenvalue weighted by Crippen LogP contribution is -2.14. The third-order valence-corrected chi connectivity index (χ3v) is 3.55. The minimum Gasteiger partial charge on any atom is -0.409 e. The van der Waals surface area contributed by atoms with E-state index in [9.17, 15) is 10.1 Å². The van der Waals surface area contributed by atoms with Crippen molar-refractivity contribution in [2.75, 3.05) is 0 Å². The van der Waals surface area contributed by atoms with Crippen molar-refractivity contribution in [1.29, 1.82) is 0 Å². The molecule has 0 radical (unpaired) electrons. The van der Waals surface area contributed by atoms with E-state index in [1.165, 1.54) is 22.9 Å². The maximum atomic E-state index is 11.2. The Morgan fingerprint density at radius 1 is 1.52 bits per heavy atom. The molecule has 2 aromatic rings. The van der Waals surface area contributed by atoms with Crippen LogP contribution in [0.25, 0.3) is 5.69 Å². The van der Waals surface area contributed by atoms with Gasteiger partial charge in [-0.15, -0.1) is 0 Å². The average molecular weight is 310 g/mol. The molecule has 1 aromatic carbocycles. The van der Waals surface area contributed by atoms with E-state index in [1.54, 1.807) is 13.8 Å². The summed E-state index contributed by atoms with van der Waals surface area (Å²) in [6, 6.07) is 4.19. The van der Waals surface area contributed by atoms with Gasteiger partial charge < -0.3 is 10.9 Å². The highest BCUT2D eigenvalue weighted by Crippen LogP contribution is 2.28. The van der Waals surface area contributed by atoms with E-state index in [4.69, 9.17) is 22.5 Å². The summed E-state index contributed by atoms with van der Waals surface area (Å²) in [6.07, 6.45) is 0. The molecule has 1 aromatic heterocycles. The molecular formula is C12H12ClN5O3. The molecule has 0 amide bonds. The maximum absolute atomic E-state index is 11.2. The largest absolute Gasteiger partial charge is 0.409 e. The van der Waals surface area contributed by atoms with E-state index >= 15 is 0 Å². The molecule has 0 atom stereocenters. The monoisotopic (exact) mass is 309 g/mol. The first kappa shape index (κ1) is 14.8. The molecule has 8 nitrogen and oxygen atoms in total. The maximum Gasteiger partial charge on any atom is 0.295 e. The van der Waals surface area contributed by atoms with Crippen LogP contribution in [0.15, 0.2) is 23.4 Å². The minimum absolute atomic E-state index is 0.212. The van der Waals surface area contributed by atoms with Gasteiger partial charge in [-0.25, -0.2) is 4.68 Å². The second-order valence-corrected chi connectivity index (χ2v) is 4.72. The second kappa shape index (κ2) is 5.41. The number of nitro groups is 1. The Bertz CT molecular complexity index is 754. The molecule has 2 rings (SSSR count). The molecule has 0 unspecified atom stereocenters. The number of rotatable bonds is 3. The number of benzene rings is 1. The number of hydrogen-bond donors (Lipinski definition) is 2. The summed E-state index contributed by atoms with van der Waals surface area (Å²) < 4.78 is 1.39. The van der Waals surface area contributed by atoms with Crippen LogP contribution in [0.3, 0.4) is 0 Å². The number of nitrogens with zero attached hydrogens (tertiary/aromatic N) is 4. The Morgan fingerprint density at radius 2 is 2.19 bits per heavy atom. The zero-order valence-electron chi connectivity index (χ0n) is 11.2. The quantitative estimate of drug-likeness (QED) is 0.296. The van der Waals surface area contributed by atoms with Crippen molar-refractivity contribution >= 4 is 23.1 Å². The lowest BCUT2D eigenvalue weighted by atomic mass is 10.1. The van der Waals surface area contributed by atoms with Crippen LogP contribution >= 0.6 is 11.6 Å². The highest BCUT2D eigenvalue weighted by molar-refractivity contribution is 6.31. The molecule has 21 heavy (non-hydrogen) atoms. The molecule has 0 aliphatic rings. The number of aryl methyl sites for hydroxylation is 1. The average Bonchev–Trinajstić information content (AvgIpc) is 2.73. The van der Waals surface area contributed by atoms with Gasteiger partial charge in [0.15, 0.2) is 5.84 Å². The molecule has 0 aliphatic carbocycles. The van der Waals surface area contributed by atoms with Crippen LogP contribution < -0.4 is 5.73 Å². The fourth-order valence-corrected chi connectivity index (χ4v) is 2.04. The summed E-state index contributed by atoms with van der Waals surface area (Å²) in [5.74, 6) is -0.212. The third kappa shape index (κ3) is 2.52. The van der Waals surface area contributed by atoms with Gasteiger partial charge in [0.1, 0.15) is 5.69 Å². The van der Waals surface area contributed by atoms with Crippen LogP contribution in [-0.4, -0.2) is 25.7 Å². The molecule has 0 spiro atoms. The molecular weight excluding hydrogens is 298 g/mol. The van der Waals surface area contributed by atoms with Crippen molar-refractivity contribution in [3.05, 3.63) is 50.3 Å². The SMILES string of the molecule is Cc1nn(-c2ccc(C(N)=NO)cc2[N+](=O)[O-])c(C)c1Cl. The molecule has 0 fully saturated rings. The van der Waals surface area contributed by atoms with Crippen molar-refractivity contribution in [2.24, 2.45) is 10.9 Å². The van der Waals surface area contributed by atoms with E-state index in [0.29, 0.717) is 16.4 Å². The Labute approximate surface area is 124 Å². The third-order valence-electron chi connectivity index (χ3n) is 3.01. The smallest absolute Gasteiger partial charge is 0.295 e. The first-order valence-corrected chi connectivity index (χ1v) is 6.23. The van der Waals surface area contributed by atoms with E-state index in [2.05, 4.69) is 10.3 Å². The summed E-state index contributed by atoms with van der Waals surface area (Å²) in [5, 5.41) is 27.4. The van der Waals surface area contributed by atoms with Crippen molar-refractivity contribution in [3.8, 4) is 5.69 Å². The van der Waals surface area contributed by atoms with E-state index in [-0.39, 0.29) is 22.8 Å². The van der Waals surface area contributed by atoms with Crippen LogP contribution in [0.1, 0.15) is 17.0 Å². The standard InChI is InChI=1S/C12H12ClN5O3/c1-6-11(13)7(2)17(15-6)9-4-3-8(12(14)16-19)5-10(9)18(20)21/h3-5,19H,1-2H3,(H2,14,16). The van der Waals surface area contributed by atoms with Crippen molar-refractivity contribution < 1.29 is 10.1 Å². The highest BCUT2D eigenvalue weighted by atomic mass is 35.5. The van der Waals surface area contributed by atoms with E-state index < -0.39 is 4.92 Å². The number of oxime groups is 1. The Balaban J connectivity index is 2.69. The minimum atomic E-state index is -0.562. The molecule has 9 heteroatoms. The number of halogens is 1. The number of amidine groups is 1. The Morgan fingerprint density at radius 3 is 2.67 bits per heavy atom. The zero-order chi connectivity index (χ0) is 15.7. The summed E-state index contributed by atoms with van der Waals surface area (Å²) in [7, 11) is 0. The first-order chi connectivity index (χ1) is 9.86. The molecule has 3 N–H and O–H groups in total. The molecule has 0 aliphatic heterocycles. The topological polar surface area (TPSA) is 120 Å². The van der Waals surface area contributed by atoms with Gasteiger partial charge in [0.2, 0.25) is 0 Å². The molecule has 110 valence electrons. The lowest BCUT2D eigenvalue weighted by Gasteiger charge is -2.07. The fourth-order valence-electron chi connectivity index (χ4n) is 1.92. The second-order valence-electron chi connectivity index (χ2n) is 4.34. The Kier molecular flexibility index (Phi) is 3.81. The highest BCUT2D eigenvalue weighted by Gasteiger charge is 2.21. The number of aromatic nitrogens is 2. The van der Waals surface area contributed by atoms with Crippen LogP contribution in [0.5, 0.6) is 0 Å². The number of nitrogens with two attached hydrogens (primary N) is 1. The molecule has 0 bridgehead atoms. The lowest BCUT2D eigenvalue weighted by molar-refractivity contribution is -0.384. The summed E-state index contributed by atoms with van der Waals surface area (Å²) in [5.41, 5.74) is 6.88. The van der Waals surface area contributed by atoms with Gasteiger partial charge in [0, 0.05) is 11.6 Å². The van der Waals surface area contributed by atoms with Gasteiger partial charge in [0.25, 0.3) is 5.69 Å². The van der Waals surface area contributed by atoms with E-state index in [1.807, 2.05) is 0 Å².